The van der Waals surface area contributed by atoms with E-state index in [0.717, 1.165) is 11.2 Å². The van der Waals surface area contributed by atoms with Gasteiger partial charge >= 0.3 is 6.03 Å². The van der Waals surface area contributed by atoms with E-state index in [4.69, 9.17) is 21.1 Å². The number of hydrogen-bond donors (Lipinski definition) is 1. The lowest BCUT2D eigenvalue weighted by Crippen LogP contribution is -2.34. The van der Waals surface area contributed by atoms with E-state index >= 15 is 0 Å². The number of anilines is 1. The molecule has 0 unspecified atom stereocenters. The lowest BCUT2D eigenvalue weighted by atomic mass is 10.2. The first-order valence-electron chi connectivity index (χ1n) is 5.61. The summed E-state index contributed by atoms with van der Waals surface area (Å²) in [5.41, 5.74) is 1.20. The van der Waals surface area contributed by atoms with Crippen molar-refractivity contribution in [2.45, 2.75) is 6.92 Å². The summed E-state index contributed by atoms with van der Waals surface area (Å²) < 4.78 is 9.85. The van der Waals surface area contributed by atoms with Gasteiger partial charge in [0, 0.05) is 10.7 Å². The smallest absolute Gasteiger partial charge is 0.335 e. The molecule has 1 aromatic carbocycles. The molecule has 0 aromatic heterocycles. The molecule has 20 heavy (non-hydrogen) atoms. The van der Waals surface area contributed by atoms with Crippen molar-refractivity contribution in [3.63, 3.8) is 0 Å². The molecule has 1 heterocycles. The number of hydrogen-bond acceptors (Lipinski definition) is 4. The van der Waals surface area contributed by atoms with Crippen molar-refractivity contribution in [2.75, 3.05) is 5.32 Å². The van der Waals surface area contributed by atoms with Crippen LogP contribution in [0.3, 0.4) is 0 Å². The Bertz CT molecular complexity index is 598. The Morgan fingerprint density at radius 1 is 1.40 bits per heavy atom. The average Bonchev–Trinajstić information content (AvgIpc) is 2.46. The molecule has 1 aromatic rings. The summed E-state index contributed by atoms with van der Waals surface area (Å²) in [6.45, 7) is 1.76. The number of ether oxygens (including phenoxy) is 2. The summed E-state index contributed by atoms with van der Waals surface area (Å²) in [6.07, 6.45) is 3.94. The molecule has 6 nitrogen and oxygen atoms in total. The molecular formula is C13H11ClN2O4. The van der Waals surface area contributed by atoms with Gasteiger partial charge in [-0.15, -0.1) is 0 Å². The molecule has 3 amide bonds. The zero-order valence-electron chi connectivity index (χ0n) is 10.5. The number of carbonyl (C=O) groups is 2. The van der Waals surface area contributed by atoms with Crippen LogP contribution in [0.1, 0.15) is 5.56 Å². The maximum Gasteiger partial charge on any atom is 0.335 e. The van der Waals surface area contributed by atoms with E-state index in [2.05, 4.69) is 5.32 Å². The molecule has 1 aliphatic heterocycles. The van der Waals surface area contributed by atoms with Gasteiger partial charge in [0.25, 0.3) is 0 Å². The van der Waals surface area contributed by atoms with Crippen LogP contribution in [0.25, 0.3) is 0 Å². The summed E-state index contributed by atoms with van der Waals surface area (Å²) in [6, 6.07) is 4.39. The molecule has 0 saturated carbocycles. The van der Waals surface area contributed by atoms with Gasteiger partial charge in [-0.3, -0.25) is 4.79 Å². The highest BCUT2D eigenvalue weighted by molar-refractivity contribution is 6.31. The van der Waals surface area contributed by atoms with Crippen LogP contribution in [-0.2, 0) is 14.3 Å². The number of amides is 3. The monoisotopic (exact) mass is 294 g/mol. The van der Waals surface area contributed by atoms with Crippen LogP contribution in [0.5, 0.6) is 0 Å². The molecular weight excluding hydrogens is 284 g/mol. The number of nitrogens with zero attached hydrogens (tertiary/aromatic N) is 1. The van der Waals surface area contributed by atoms with Crippen LogP contribution < -0.4 is 5.32 Å². The fourth-order valence-electron chi connectivity index (χ4n) is 1.49. The Morgan fingerprint density at radius 2 is 2.20 bits per heavy atom. The van der Waals surface area contributed by atoms with Gasteiger partial charge in [0.2, 0.25) is 12.3 Å². The minimum Gasteiger partial charge on any atom is -0.464 e. The predicted octanol–water partition coefficient (Wildman–Crippen LogP) is 2.96. The second-order valence-corrected chi connectivity index (χ2v) is 4.21. The van der Waals surface area contributed by atoms with Crippen LogP contribution in [0, 0.1) is 6.92 Å². The van der Waals surface area contributed by atoms with Crippen molar-refractivity contribution >= 4 is 29.7 Å². The van der Waals surface area contributed by atoms with Crippen LogP contribution in [0.15, 0.2) is 42.9 Å². The van der Waals surface area contributed by atoms with Crippen molar-refractivity contribution in [1.29, 1.82) is 0 Å². The highest BCUT2D eigenvalue weighted by Gasteiger charge is 2.21. The quantitative estimate of drug-likeness (QED) is 0.870. The van der Waals surface area contributed by atoms with Gasteiger partial charge in [-0.05, 0) is 24.6 Å². The first-order chi connectivity index (χ1) is 9.63. The topological polar surface area (TPSA) is 67.9 Å². The van der Waals surface area contributed by atoms with Crippen LogP contribution in [0.2, 0.25) is 5.02 Å². The standard InChI is InChI=1S/C13H11ClN2O4/c1-9-10(14)3-2-4-11(9)15-13(18)16(8-17)12-7-19-5-6-20-12/h2-8H,1H3,(H,15,18). The van der Waals surface area contributed by atoms with Gasteiger partial charge in [0.05, 0.1) is 0 Å². The molecule has 0 fully saturated rings. The maximum absolute atomic E-state index is 12.0. The number of halogens is 1. The molecule has 1 N–H and O–H groups in total. The highest BCUT2D eigenvalue weighted by Crippen LogP contribution is 2.23. The number of nitrogens with one attached hydrogen (secondary N) is 1. The lowest BCUT2D eigenvalue weighted by Gasteiger charge is -2.20. The third-order valence-corrected chi connectivity index (χ3v) is 2.97. The number of benzene rings is 1. The molecule has 0 saturated heterocycles. The molecule has 2 rings (SSSR count). The summed E-state index contributed by atoms with van der Waals surface area (Å²) in [5.74, 6) is -0.0420. The van der Waals surface area contributed by atoms with Gasteiger partial charge in [0.15, 0.2) is 6.26 Å². The van der Waals surface area contributed by atoms with Gasteiger partial charge in [-0.2, -0.15) is 0 Å². The summed E-state index contributed by atoms with van der Waals surface area (Å²) >= 11 is 5.96. The van der Waals surface area contributed by atoms with E-state index in [0.29, 0.717) is 22.7 Å². The first kappa shape index (κ1) is 14.0. The van der Waals surface area contributed by atoms with E-state index in [9.17, 15) is 9.59 Å². The van der Waals surface area contributed by atoms with Crippen molar-refractivity contribution in [3.8, 4) is 0 Å². The Hall–Kier alpha value is -2.47. The number of urea groups is 1. The first-order valence-corrected chi connectivity index (χ1v) is 5.99. The summed E-state index contributed by atoms with van der Waals surface area (Å²) in [4.78, 5) is 23.8. The Balaban J connectivity index is 2.15. The predicted molar refractivity (Wildman–Crippen MR) is 72.5 cm³/mol. The van der Waals surface area contributed by atoms with Crippen molar-refractivity contribution in [3.05, 3.63) is 53.5 Å². The minimum atomic E-state index is -0.685. The van der Waals surface area contributed by atoms with Gasteiger partial charge in [-0.25, -0.2) is 9.69 Å². The molecule has 7 heteroatoms. The lowest BCUT2D eigenvalue weighted by molar-refractivity contribution is -0.115. The largest absolute Gasteiger partial charge is 0.464 e. The second kappa shape index (κ2) is 6.12. The van der Waals surface area contributed by atoms with Gasteiger partial charge in [-0.1, -0.05) is 17.7 Å². The zero-order chi connectivity index (χ0) is 14.5. The molecule has 104 valence electrons. The van der Waals surface area contributed by atoms with Crippen LogP contribution in [0.4, 0.5) is 10.5 Å². The van der Waals surface area contributed by atoms with Gasteiger partial charge in [0.1, 0.15) is 12.5 Å². The molecule has 0 aliphatic carbocycles. The maximum atomic E-state index is 12.0. The SMILES string of the molecule is Cc1c(Cl)cccc1NC(=O)N(C=O)C1=COC=CO1. The second-order valence-electron chi connectivity index (χ2n) is 3.80. The Kier molecular flexibility index (Phi) is 4.27. The number of carbonyl (C=O) groups excluding carboxylic acids is 2. The third-order valence-electron chi connectivity index (χ3n) is 2.56. The Labute approximate surface area is 120 Å². The number of rotatable bonds is 3. The van der Waals surface area contributed by atoms with Crippen LogP contribution >= 0.6 is 11.6 Å². The summed E-state index contributed by atoms with van der Waals surface area (Å²) in [5, 5.41) is 3.08. The highest BCUT2D eigenvalue weighted by atomic mass is 35.5. The van der Waals surface area contributed by atoms with Crippen LogP contribution in [-0.4, -0.2) is 17.3 Å². The number of imide groups is 1. The van der Waals surface area contributed by atoms with E-state index < -0.39 is 6.03 Å². The molecule has 0 bridgehead atoms. The molecule has 0 atom stereocenters. The molecule has 0 radical (unpaired) electrons. The molecule has 0 spiro atoms. The van der Waals surface area contributed by atoms with E-state index in [-0.39, 0.29) is 5.88 Å². The minimum absolute atomic E-state index is 0.0420. The van der Waals surface area contributed by atoms with Crippen molar-refractivity contribution in [1.82, 2.24) is 4.90 Å². The van der Waals surface area contributed by atoms with E-state index in [1.807, 2.05) is 0 Å². The van der Waals surface area contributed by atoms with Gasteiger partial charge < -0.3 is 14.8 Å². The Morgan fingerprint density at radius 3 is 2.85 bits per heavy atom. The molecule has 1 aliphatic rings. The van der Waals surface area contributed by atoms with Crippen molar-refractivity contribution < 1.29 is 19.1 Å². The normalized spacial score (nSPS) is 12.8. The zero-order valence-corrected chi connectivity index (χ0v) is 11.3. The fraction of sp³-hybridized carbons (Fsp3) is 0.0769. The van der Waals surface area contributed by atoms with Crippen molar-refractivity contribution in [2.24, 2.45) is 0 Å². The average molecular weight is 295 g/mol. The van der Waals surface area contributed by atoms with E-state index in [1.165, 1.54) is 12.5 Å². The fourth-order valence-corrected chi connectivity index (χ4v) is 1.66. The third kappa shape index (κ3) is 2.92. The van der Waals surface area contributed by atoms with E-state index in [1.54, 1.807) is 25.1 Å². The summed E-state index contributed by atoms with van der Waals surface area (Å²) in [7, 11) is 0.